The molecule has 0 aliphatic heterocycles. The summed E-state index contributed by atoms with van der Waals surface area (Å²) in [4.78, 5) is 12.1. The van der Waals surface area contributed by atoms with Crippen LogP contribution in [0.1, 0.15) is 23.4 Å². The van der Waals surface area contributed by atoms with Crippen LogP contribution in [0.5, 0.6) is 5.75 Å². The number of amides is 2. The summed E-state index contributed by atoms with van der Waals surface area (Å²) in [6, 6.07) is 14.0. The molecule has 2 aromatic carbocycles. The van der Waals surface area contributed by atoms with Gasteiger partial charge < -0.3 is 10.1 Å². The van der Waals surface area contributed by atoms with Crippen LogP contribution in [0.25, 0.3) is 0 Å². The summed E-state index contributed by atoms with van der Waals surface area (Å²) in [5.41, 5.74) is 1.38. The Morgan fingerprint density at radius 2 is 1.71 bits per heavy atom. The van der Waals surface area contributed by atoms with Crippen molar-refractivity contribution in [2.75, 3.05) is 10.6 Å². The van der Waals surface area contributed by atoms with E-state index in [1.807, 2.05) is 37.3 Å². The number of aromatic nitrogens is 2. The Kier molecular flexibility index (Phi) is 5.78. The first-order valence-corrected chi connectivity index (χ1v) is 8.94. The van der Waals surface area contributed by atoms with Crippen LogP contribution in [0.3, 0.4) is 0 Å². The highest BCUT2D eigenvalue weighted by molar-refractivity contribution is 7.15. The molecule has 3 rings (SSSR count). The molecule has 1 aromatic heterocycles. The largest absolute Gasteiger partial charge is 0.573 e. The SMILES string of the molecule is CC(c1ccccc1)c1nnc(NC(=O)Nc2ccc(OC(F)(F)F)cc2)s1. The van der Waals surface area contributed by atoms with Gasteiger partial charge >= 0.3 is 12.4 Å². The number of carbonyl (C=O) groups excluding carboxylic acids is 1. The third kappa shape index (κ3) is 5.43. The summed E-state index contributed by atoms with van der Waals surface area (Å²) >= 11 is 1.24. The number of rotatable bonds is 5. The smallest absolute Gasteiger partial charge is 0.406 e. The minimum absolute atomic E-state index is 0.0264. The average molecular weight is 408 g/mol. The van der Waals surface area contributed by atoms with Gasteiger partial charge in [0.2, 0.25) is 5.13 Å². The summed E-state index contributed by atoms with van der Waals surface area (Å²) in [6.07, 6.45) is -4.77. The fourth-order valence-corrected chi connectivity index (χ4v) is 3.16. The fraction of sp³-hybridized carbons (Fsp3) is 0.167. The fourth-order valence-electron chi connectivity index (χ4n) is 2.34. The van der Waals surface area contributed by atoms with Gasteiger partial charge in [-0.15, -0.1) is 23.4 Å². The number of ether oxygens (including phenoxy) is 1. The van der Waals surface area contributed by atoms with Crippen molar-refractivity contribution >= 4 is 28.2 Å². The normalized spacial score (nSPS) is 12.3. The Bertz CT molecular complexity index is 930. The molecule has 0 radical (unpaired) electrons. The van der Waals surface area contributed by atoms with Crippen molar-refractivity contribution in [3.8, 4) is 5.75 Å². The van der Waals surface area contributed by atoms with E-state index in [0.717, 1.165) is 22.7 Å². The molecule has 0 aliphatic rings. The number of carbonyl (C=O) groups is 1. The van der Waals surface area contributed by atoms with Gasteiger partial charge in [0.05, 0.1) is 0 Å². The summed E-state index contributed by atoms with van der Waals surface area (Å²) < 4.78 is 40.2. The van der Waals surface area contributed by atoms with E-state index >= 15 is 0 Å². The summed E-state index contributed by atoms with van der Waals surface area (Å²) in [5, 5.41) is 14.2. The quantitative estimate of drug-likeness (QED) is 0.606. The van der Waals surface area contributed by atoms with Gasteiger partial charge in [0.15, 0.2) is 0 Å². The molecule has 1 heterocycles. The summed E-state index contributed by atoms with van der Waals surface area (Å²) in [7, 11) is 0. The number of hydrogen-bond donors (Lipinski definition) is 2. The van der Waals surface area contributed by atoms with Crippen LogP contribution in [0.4, 0.5) is 28.8 Å². The van der Waals surface area contributed by atoms with Crippen LogP contribution in [0.2, 0.25) is 0 Å². The number of urea groups is 1. The first kappa shape index (κ1) is 19.6. The lowest BCUT2D eigenvalue weighted by Crippen LogP contribution is -2.19. The van der Waals surface area contributed by atoms with Crippen LogP contribution in [-0.4, -0.2) is 22.6 Å². The lowest BCUT2D eigenvalue weighted by Gasteiger charge is -2.10. The molecule has 28 heavy (non-hydrogen) atoms. The number of benzene rings is 2. The van der Waals surface area contributed by atoms with Crippen molar-refractivity contribution in [2.45, 2.75) is 19.2 Å². The topological polar surface area (TPSA) is 76.1 Å². The van der Waals surface area contributed by atoms with Gasteiger partial charge in [-0.2, -0.15) is 0 Å². The molecular weight excluding hydrogens is 393 g/mol. The van der Waals surface area contributed by atoms with Gasteiger partial charge in [0.25, 0.3) is 0 Å². The minimum atomic E-state index is -4.77. The van der Waals surface area contributed by atoms with Crippen LogP contribution >= 0.6 is 11.3 Å². The van der Waals surface area contributed by atoms with Crippen LogP contribution in [0.15, 0.2) is 54.6 Å². The molecule has 0 saturated carbocycles. The Balaban J connectivity index is 1.57. The van der Waals surface area contributed by atoms with Crippen LogP contribution < -0.4 is 15.4 Å². The maximum absolute atomic E-state index is 12.1. The number of halogens is 3. The molecule has 3 aromatic rings. The highest BCUT2D eigenvalue weighted by Crippen LogP contribution is 2.28. The summed E-state index contributed by atoms with van der Waals surface area (Å²) in [6.45, 7) is 1.99. The lowest BCUT2D eigenvalue weighted by molar-refractivity contribution is -0.274. The highest BCUT2D eigenvalue weighted by Gasteiger charge is 2.31. The highest BCUT2D eigenvalue weighted by atomic mass is 32.1. The third-order valence-electron chi connectivity index (χ3n) is 3.68. The molecule has 0 bridgehead atoms. The maximum atomic E-state index is 12.1. The number of alkyl halides is 3. The molecule has 0 aliphatic carbocycles. The van der Waals surface area contributed by atoms with Crippen molar-refractivity contribution in [1.82, 2.24) is 10.2 Å². The number of nitrogens with zero attached hydrogens (tertiary/aromatic N) is 2. The molecule has 10 heteroatoms. The molecule has 146 valence electrons. The molecule has 0 spiro atoms. The number of hydrogen-bond acceptors (Lipinski definition) is 5. The molecule has 0 fully saturated rings. The first-order chi connectivity index (χ1) is 13.3. The van der Waals surface area contributed by atoms with Crippen molar-refractivity contribution in [2.24, 2.45) is 0 Å². The second-order valence-corrected chi connectivity index (χ2v) is 6.74. The molecule has 0 saturated heterocycles. The van der Waals surface area contributed by atoms with E-state index < -0.39 is 12.4 Å². The van der Waals surface area contributed by atoms with Gasteiger partial charge in [-0.25, -0.2) is 4.79 Å². The molecule has 6 nitrogen and oxygen atoms in total. The maximum Gasteiger partial charge on any atom is 0.573 e. The van der Waals surface area contributed by atoms with E-state index in [-0.39, 0.29) is 11.7 Å². The predicted octanol–water partition coefficient (Wildman–Crippen LogP) is 5.23. The van der Waals surface area contributed by atoms with E-state index in [1.165, 1.54) is 23.5 Å². The van der Waals surface area contributed by atoms with Crippen molar-refractivity contribution in [3.05, 3.63) is 65.2 Å². The van der Waals surface area contributed by atoms with E-state index in [9.17, 15) is 18.0 Å². The molecular formula is C18H15F3N4O2S. The zero-order valence-corrected chi connectivity index (χ0v) is 15.3. The van der Waals surface area contributed by atoms with Crippen molar-refractivity contribution in [1.29, 1.82) is 0 Å². The average Bonchev–Trinajstić information content (AvgIpc) is 3.10. The Hall–Kier alpha value is -3.14. The Morgan fingerprint density at radius 1 is 1.04 bits per heavy atom. The predicted molar refractivity (Wildman–Crippen MR) is 99.6 cm³/mol. The minimum Gasteiger partial charge on any atom is -0.406 e. The van der Waals surface area contributed by atoms with Gasteiger partial charge in [-0.1, -0.05) is 48.6 Å². The zero-order chi connectivity index (χ0) is 20.1. The van der Waals surface area contributed by atoms with E-state index in [0.29, 0.717) is 10.8 Å². The second kappa shape index (κ2) is 8.26. The van der Waals surface area contributed by atoms with Gasteiger partial charge in [-0.05, 0) is 29.8 Å². The van der Waals surface area contributed by atoms with Crippen molar-refractivity contribution < 1.29 is 22.7 Å². The first-order valence-electron chi connectivity index (χ1n) is 8.12. The Labute approximate surface area is 162 Å². The standard InChI is InChI=1S/C18H15F3N4O2S/c1-11(12-5-3-2-4-6-12)15-24-25-17(28-15)23-16(26)22-13-7-9-14(10-8-13)27-18(19,20)21/h2-11H,1H3,(H2,22,23,25,26). The second-order valence-electron chi connectivity index (χ2n) is 5.73. The summed E-state index contributed by atoms with van der Waals surface area (Å²) in [5.74, 6) is -0.347. The number of anilines is 2. The zero-order valence-electron chi connectivity index (χ0n) is 14.5. The van der Waals surface area contributed by atoms with Gasteiger partial charge in [0, 0.05) is 11.6 Å². The van der Waals surface area contributed by atoms with E-state index in [4.69, 9.17) is 0 Å². The Morgan fingerprint density at radius 3 is 2.36 bits per heavy atom. The van der Waals surface area contributed by atoms with Gasteiger partial charge in [0.1, 0.15) is 10.8 Å². The van der Waals surface area contributed by atoms with E-state index in [1.54, 1.807) is 0 Å². The van der Waals surface area contributed by atoms with Crippen LogP contribution in [-0.2, 0) is 0 Å². The third-order valence-corrected chi connectivity index (χ3v) is 4.70. The molecule has 2 amide bonds. The van der Waals surface area contributed by atoms with Gasteiger partial charge in [-0.3, -0.25) is 5.32 Å². The number of nitrogens with one attached hydrogen (secondary N) is 2. The monoisotopic (exact) mass is 408 g/mol. The molecule has 2 N–H and O–H groups in total. The molecule has 1 atom stereocenters. The molecule has 1 unspecified atom stereocenters. The van der Waals surface area contributed by atoms with E-state index in [2.05, 4.69) is 25.6 Å². The van der Waals surface area contributed by atoms with Crippen LogP contribution in [0, 0.1) is 0 Å². The lowest BCUT2D eigenvalue weighted by atomic mass is 10.0. The van der Waals surface area contributed by atoms with Crippen molar-refractivity contribution in [3.63, 3.8) is 0 Å².